The topological polar surface area (TPSA) is 41.9 Å². The Balaban J connectivity index is 1.73. The molecule has 21 heavy (non-hydrogen) atoms. The molecule has 0 amide bonds. The van der Waals surface area contributed by atoms with Gasteiger partial charge < -0.3 is 14.6 Å². The molecule has 0 aromatic heterocycles. The van der Waals surface area contributed by atoms with Crippen molar-refractivity contribution in [3.05, 3.63) is 29.8 Å². The monoisotopic (exact) mass is 293 g/mol. The molecule has 0 bridgehead atoms. The number of rotatable bonds is 6. The first kappa shape index (κ1) is 16.3. The van der Waals surface area contributed by atoms with Crippen molar-refractivity contribution in [2.45, 2.75) is 38.9 Å². The Morgan fingerprint density at radius 1 is 1.43 bits per heavy atom. The third-order valence-electron chi connectivity index (χ3n) is 3.63. The van der Waals surface area contributed by atoms with Crippen molar-refractivity contribution in [1.82, 2.24) is 4.90 Å². The maximum absolute atomic E-state index is 9.31. The van der Waals surface area contributed by atoms with Crippen molar-refractivity contribution in [2.75, 3.05) is 32.8 Å². The zero-order valence-corrected chi connectivity index (χ0v) is 13.3. The van der Waals surface area contributed by atoms with Gasteiger partial charge >= 0.3 is 0 Å². The molecule has 4 nitrogen and oxygen atoms in total. The number of morpholine rings is 1. The lowest BCUT2D eigenvalue weighted by Gasteiger charge is -2.42. The number of aliphatic hydroxyl groups is 1. The normalized spacial score (nSPS) is 22.2. The molecule has 1 heterocycles. The van der Waals surface area contributed by atoms with E-state index in [0.29, 0.717) is 6.61 Å². The number of nitrogens with zero attached hydrogens (tertiary/aromatic N) is 1. The van der Waals surface area contributed by atoms with Crippen molar-refractivity contribution in [3.63, 3.8) is 0 Å². The van der Waals surface area contributed by atoms with E-state index in [2.05, 4.69) is 37.8 Å². The maximum atomic E-state index is 9.31. The summed E-state index contributed by atoms with van der Waals surface area (Å²) in [7, 11) is 0. The Morgan fingerprint density at radius 2 is 2.24 bits per heavy atom. The Labute approximate surface area is 127 Å². The molecule has 4 heteroatoms. The first-order valence-corrected chi connectivity index (χ1v) is 7.69. The number of ether oxygens (including phenoxy) is 2. The summed E-state index contributed by atoms with van der Waals surface area (Å²) in [5, 5.41) is 9.31. The Bertz CT molecular complexity index is 447. The lowest BCUT2D eigenvalue weighted by atomic mass is 10.1. The van der Waals surface area contributed by atoms with Gasteiger partial charge in [0.2, 0.25) is 0 Å². The van der Waals surface area contributed by atoms with E-state index < -0.39 is 0 Å². The second-order valence-electron chi connectivity index (χ2n) is 6.44. The number of aliphatic hydroxyl groups excluding tert-OH is 1. The molecule has 1 atom stereocenters. The van der Waals surface area contributed by atoms with E-state index in [1.165, 1.54) is 5.56 Å². The summed E-state index contributed by atoms with van der Waals surface area (Å²) in [6.07, 6.45) is 0.897. The van der Waals surface area contributed by atoms with E-state index in [1.807, 2.05) is 12.1 Å². The molecule has 1 aliphatic heterocycles. The van der Waals surface area contributed by atoms with Gasteiger partial charge in [-0.15, -0.1) is 0 Å². The Morgan fingerprint density at radius 3 is 2.95 bits per heavy atom. The van der Waals surface area contributed by atoms with Gasteiger partial charge in [-0.25, -0.2) is 0 Å². The summed E-state index contributed by atoms with van der Waals surface area (Å²) < 4.78 is 11.6. The molecular weight excluding hydrogens is 266 g/mol. The Hall–Kier alpha value is -1.10. The molecule has 1 aliphatic rings. The van der Waals surface area contributed by atoms with Crippen molar-refractivity contribution in [2.24, 2.45) is 0 Å². The standard InChI is InChI=1S/C17H27NO3/c1-14-6-4-7-15(10-14)20-9-5-8-18-11-16(12-19)21-17(2,3)13-18/h4,6-7,10,16,19H,5,8-9,11-13H2,1-3H3. The average molecular weight is 293 g/mol. The fraction of sp³-hybridized carbons (Fsp3) is 0.647. The highest BCUT2D eigenvalue weighted by Gasteiger charge is 2.32. The second kappa shape index (κ2) is 7.25. The van der Waals surface area contributed by atoms with Crippen LogP contribution in [0.2, 0.25) is 0 Å². The minimum Gasteiger partial charge on any atom is -0.494 e. The molecule has 0 radical (unpaired) electrons. The van der Waals surface area contributed by atoms with Gasteiger partial charge in [0, 0.05) is 19.6 Å². The number of hydrogen-bond donors (Lipinski definition) is 1. The maximum Gasteiger partial charge on any atom is 0.119 e. The van der Waals surface area contributed by atoms with Gasteiger partial charge in [-0.1, -0.05) is 12.1 Å². The lowest BCUT2D eigenvalue weighted by Crippen LogP contribution is -2.54. The molecule has 1 aromatic carbocycles. The first-order valence-electron chi connectivity index (χ1n) is 7.69. The first-order chi connectivity index (χ1) is 9.98. The highest BCUT2D eigenvalue weighted by Crippen LogP contribution is 2.21. The van der Waals surface area contributed by atoms with Crippen LogP contribution in [0.5, 0.6) is 5.75 Å². The predicted octanol–water partition coefficient (Wildman–Crippen LogP) is 2.24. The third-order valence-corrected chi connectivity index (χ3v) is 3.63. The van der Waals surface area contributed by atoms with Crippen LogP contribution >= 0.6 is 0 Å². The van der Waals surface area contributed by atoms with E-state index in [0.717, 1.165) is 31.8 Å². The molecule has 0 aliphatic carbocycles. The van der Waals surface area contributed by atoms with E-state index >= 15 is 0 Å². The van der Waals surface area contributed by atoms with Crippen LogP contribution < -0.4 is 4.74 Å². The van der Waals surface area contributed by atoms with Crippen LogP contribution in [0.25, 0.3) is 0 Å². The highest BCUT2D eigenvalue weighted by molar-refractivity contribution is 5.27. The van der Waals surface area contributed by atoms with Gasteiger partial charge in [0.05, 0.1) is 24.9 Å². The lowest BCUT2D eigenvalue weighted by molar-refractivity contribution is -0.149. The van der Waals surface area contributed by atoms with Crippen molar-refractivity contribution in [1.29, 1.82) is 0 Å². The van der Waals surface area contributed by atoms with E-state index in [9.17, 15) is 5.11 Å². The van der Waals surface area contributed by atoms with Crippen molar-refractivity contribution >= 4 is 0 Å². The highest BCUT2D eigenvalue weighted by atomic mass is 16.5. The van der Waals surface area contributed by atoms with Crippen LogP contribution in [0.3, 0.4) is 0 Å². The smallest absolute Gasteiger partial charge is 0.119 e. The van der Waals surface area contributed by atoms with Gasteiger partial charge in [0.25, 0.3) is 0 Å². The molecule has 0 spiro atoms. The molecule has 1 unspecified atom stereocenters. The molecular formula is C17H27NO3. The number of aryl methyl sites for hydroxylation is 1. The quantitative estimate of drug-likeness (QED) is 0.817. The van der Waals surface area contributed by atoms with Crippen molar-refractivity contribution < 1.29 is 14.6 Å². The predicted molar refractivity (Wildman–Crippen MR) is 83.8 cm³/mol. The van der Waals surface area contributed by atoms with E-state index in [-0.39, 0.29) is 18.3 Å². The molecule has 0 saturated carbocycles. The third kappa shape index (κ3) is 5.30. The van der Waals surface area contributed by atoms with Crippen LogP contribution in [0, 0.1) is 6.92 Å². The van der Waals surface area contributed by atoms with Crippen LogP contribution in [-0.2, 0) is 4.74 Å². The van der Waals surface area contributed by atoms with Gasteiger partial charge in [0.15, 0.2) is 0 Å². The summed E-state index contributed by atoms with van der Waals surface area (Å²) >= 11 is 0. The van der Waals surface area contributed by atoms with E-state index in [1.54, 1.807) is 0 Å². The summed E-state index contributed by atoms with van der Waals surface area (Å²) in [6.45, 7) is 9.67. The minimum absolute atomic E-state index is 0.0774. The van der Waals surface area contributed by atoms with Gasteiger partial charge in [-0.2, -0.15) is 0 Å². The average Bonchev–Trinajstić information content (AvgIpc) is 2.42. The molecule has 1 N–H and O–H groups in total. The van der Waals surface area contributed by atoms with Gasteiger partial charge in [-0.05, 0) is 44.9 Å². The minimum atomic E-state index is -0.191. The van der Waals surface area contributed by atoms with Gasteiger partial charge in [-0.3, -0.25) is 4.90 Å². The van der Waals surface area contributed by atoms with Crippen LogP contribution in [0.1, 0.15) is 25.8 Å². The molecule has 118 valence electrons. The summed E-state index contributed by atoms with van der Waals surface area (Å²) in [4.78, 5) is 2.35. The molecule has 1 aromatic rings. The van der Waals surface area contributed by atoms with Crippen molar-refractivity contribution in [3.8, 4) is 5.75 Å². The zero-order chi connectivity index (χ0) is 15.3. The summed E-state index contributed by atoms with van der Waals surface area (Å²) in [5.41, 5.74) is 1.02. The largest absolute Gasteiger partial charge is 0.494 e. The van der Waals surface area contributed by atoms with Gasteiger partial charge in [0.1, 0.15) is 5.75 Å². The second-order valence-corrected chi connectivity index (χ2v) is 6.44. The fourth-order valence-electron chi connectivity index (χ4n) is 2.87. The van der Waals surface area contributed by atoms with Crippen LogP contribution in [0.15, 0.2) is 24.3 Å². The van der Waals surface area contributed by atoms with E-state index in [4.69, 9.17) is 9.47 Å². The van der Waals surface area contributed by atoms with Crippen LogP contribution in [-0.4, -0.2) is 54.6 Å². The summed E-state index contributed by atoms with van der Waals surface area (Å²) in [6, 6.07) is 8.13. The SMILES string of the molecule is Cc1cccc(OCCCN2CC(CO)OC(C)(C)C2)c1. The summed E-state index contributed by atoms with van der Waals surface area (Å²) in [5.74, 6) is 0.936. The number of hydrogen-bond acceptors (Lipinski definition) is 4. The molecule has 1 fully saturated rings. The fourth-order valence-corrected chi connectivity index (χ4v) is 2.87. The molecule has 1 saturated heterocycles. The van der Waals surface area contributed by atoms with Crippen LogP contribution in [0.4, 0.5) is 0 Å². The molecule has 2 rings (SSSR count). The zero-order valence-electron chi connectivity index (χ0n) is 13.3. The number of benzene rings is 1. The Kier molecular flexibility index (Phi) is 5.62.